The smallest absolute Gasteiger partial charge is 0.223 e. The van der Waals surface area contributed by atoms with E-state index in [-0.39, 0.29) is 24.2 Å². The van der Waals surface area contributed by atoms with Crippen molar-refractivity contribution in [1.29, 1.82) is 0 Å². The second-order valence-electron chi connectivity index (χ2n) is 5.89. The fraction of sp³-hybridized carbons (Fsp3) is 0.588. The van der Waals surface area contributed by atoms with E-state index < -0.39 is 0 Å². The van der Waals surface area contributed by atoms with Gasteiger partial charge in [0.15, 0.2) is 0 Å². The van der Waals surface area contributed by atoms with Crippen molar-refractivity contribution < 1.29 is 9.18 Å². The first-order valence-corrected chi connectivity index (χ1v) is 7.96. The fourth-order valence-corrected chi connectivity index (χ4v) is 2.91. The number of nitrogens with one attached hydrogen (secondary N) is 1. The molecule has 3 N–H and O–H groups in total. The average molecular weight is 292 g/mol. The van der Waals surface area contributed by atoms with Crippen molar-refractivity contribution in [3.63, 3.8) is 0 Å². The first kappa shape index (κ1) is 16.0. The van der Waals surface area contributed by atoms with Gasteiger partial charge >= 0.3 is 0 Å². The van der Waals surface area contributed by atoms with Gasteiger partial charge < -0.3 is 11.1 Å². The monoisotopic (exact) mass is 292 g/mol. The Hall–Kier alpha value is -1.42. The van der Waals surface area contributed by atoms with E-state index in [0.717, 1.165) is 31.2 Å². The molecule has 1 aliphatic carbocycles. The Bertz CT molecular complexity index is 468. The van der Waals surface area contributed by atoms with E-state index in [9.17, 15) is 9.18 Å². The summed E-state index contributed by atoms with van der Waals surface area (Å²) in [6.45, 7) is 0.581. The summed E-state index contributed by atoms with van der Waals surface area (Å²) in [7, 11) is 0. The second-order valence-corrected chi connectivity index (χ2v) is 5.89. The van der Waals surface area contributed by atoms with Crippen molar-refractivity contribution >= 4 is 5.91 Å². The molecule has 0 aromatic heterocycles. The van der Waals surface area contributed by atoms with E-state index >= 15 is 0 Å². The first-order chi connectivity index (χ1) is 10.2. The van der Waals surface area contributed by atoms with Crippen molar-refractivity contribution in [3.8, 4) is 0 Å². The zero-order valence-corrected chi connectivity index (χ0v) is 12.5. The molecule has 116 valence electrons. The average Bonchev–Trinajstić information content (AvgIpc) is 2.45. The van der Waals surface area contributed by atoms with Crippen molar-refractivity contribution in [3.05, 3.63) is 35.1 Å². The van der Waals surface area contributed by atoms with Gasteiger partial charge in [-0.05, 0) is 24.5 Å². The molecular formula is C17H25FN2O. The summed E-state index contributed by atoms with van der Waals surface area (Å²) < 4.78 is 13.8. The van der Waals surface area contributed by atoms with Gasteiger partial charge in [-0.1, -0.05) is 44.2 Å². The maximum absolute atomic E-state index is 13.8. The molecule has 1 saturated carbocycles. The van der Waals surface area contributed by atoms with Gasteiger partial charge in [0.05, 0.1) is 0 Å². The molecule has 0 heterocycles. The SMILES string of the molecule is NCc1ccc(CNC(=O)C2CCCCCCC2)c(F)c1. The molecular weight excluding hydrogens is 267 g/mol. The Morgan fingerprint density at radius 3 is 2.48 bits per heavy atom. The van der Waals surface area contributed by atoms with E-state index in [1.165, 1.54) is 25.3 Å². The van der Waals surface area contributed by atoms with Crippen LogP contribution in [0, 0.1) is 11.7 Å². The maximum Gasteiger partial charge on any atom is 0.223 e. The quantitative estimate of drug-likeness (QED) is 0.895. The Balaban J connectivity index is 1.87. The molecule has 1 amide bonds. The molecule has 0 atom stereocenters. The molecule has 0 bridgehead atoms. The van der Waals surface area contributed by atoms with E-state index in [4.69, 9.17) is 5.73 Å². The molecule has 0 unspecified atom stereocenters. The van der Waals surface area contributed by atoms with Gasteiger partial charge in [0.25, 0.3) is 0 Å². The number of hydrogen-bond acceptors (Lipinski definition) is 2. The number of rotatable bonds is 4. The minimum atomic E-state index is -0.295. The third-order valence-corrected chi connectivity index (χ3v) is 4.28. The predicted octanol–water partition coefficient (Wildman–Crippen LogP) is 3.26. The van der Waals surface area contributed by atoms with E-state index in [1.54, 1.807) is 12.1 Å². The van der Waals surface area contributed by atoms with Crippen LogP contribution in [0.3, 0.4) is 0 Å². The van der Waals surface area contributed by atoms with E-state index in [0.29, 0.717) is 12.1 Å². The standard InChI is InChI=1S/C17H25FN2O/c18-16-10-13(11-19)8-9-15(16)12-20-17(21)14-6-4-2-1-3-5-7-14/h8-10,14H,1-7,11-12,19H2,(H,20,21). The van der Waals surface area contributed by atoms with Crippen LogP contribution in [0.25, 0.3) is 0 Å². The summed E-state index contributed by atoms with van der Waals surface area (Å²) in [4.78, 5) is 12.2. The highest BCUT2D eigenvalue weighted by atomic mass is 19.1. The summed E-state index contributed by atoms with van der Waals surface area (Å²) >= 11 is 0. The molecule has 2 rings (SSSR count). The highest BCUT2D eigenvalue weighted by Gasteiger charge is 2.19. The van der Waals surface area contributed by atoms with Gasteiger partial charge in [-0.15, -0.1) is 0 Å². The molecule has 0 radical (unpaired) electrons. The lowest BCUT2D eigenvalue weighted by molar-refractivity contribution is -0.125. The first-order valence-electron chi connectivity index (χ1n) is 7.96. The Morgan fingerprint density at radius 1 is 1.19 bits per heavy atom. The lowest BCUT2D eigenvalue weighted by Gasteiger charge is -2.19. The van der Waals surface area contributed by atoms with Gasteiger partial charge in [0, 0.05) is 24.6 Å². The molecule has 0 saturated heterocycles. The highest BCUT2D eigenvalue weighted by molar-refractivity contribution is 5.78. The summed E-state index contributed by atoms with van der Waals surface area (Å²) in [6.07, 6.45) is 7.89. The van der Waals surface area contributed by atoms with Crippen LogP contribution in [-0.4, -0.2) is 5.91 Å². The number of carbonyl (C=O) groups excluding carboxylic acids is 1. The number of hydrogen-bond donors (Lipinski definition) is 2. The highest BCUT2D eigenvalue weighted by Crippen LogP contribution is 2.22. The van der Waals surface area contributed by atoms with Gasteiger partial charge in [-0.25, -0.2) is 4.39 Å². The van der Waals surface area contributed by atoms with Crippen LogP contribution in [0.4, 0.5) is 4.39 Å². The number of halogens is 1. The summed E-state index contributed by atoms with van der Waals surface area (Å²) in [5, 5.41) is 2.88. The van der Waals surface area contributed by atoms with Gasteiger partial charge in [-0.2, -0.15) is 0 Å². The second kappa shape index (κ2) is 8.13. The summed E-state index contributed by atoms with van der Waals surface area (Å²) in [6, 6.07) is 4.95. The van der Waals surface area contributed by atoms with E-state index in [1.807, 2.05) is 0 Å². The normalized spacial score (nSPS) is 17.0. The Kier molecular flexibility index (Phi) is 6.18. The number of nitrogens with two attached hydrogens (primary N) is 1. The van der Waals surface area contributed by atoms with Crippen molar-refractivity contribution in [1.82, 2.24) is 5.32 Å². The van der Waals surface area contributed by atoms with Crippen LogP contribution < -0.4 is 11.1 Å². The zero-order valence-electron chi connectivity index (χ0n) is 12.5. The fourth-order valence-electron chi connectivity index (χ4n) is 2.91. The Labute approximate surface area is 126 Å². The molecule has 1 aliphatic rings. The predicted molar refractivity (Wildman–Crippen MR) is 81.9 cm³/mol. The van der Waals surface area contributed by atoms with Crippen molar-refractivity contribution in [2.45, 2.75) is 58.0 Å². The zero-order chi connectivity index (χ0) is 15.1. The third kappa shape index (κ3) is 4.81. The van der Waals surface area contributed by atoms with Crippen molar-refractivity contribution in [2.24, 2.45) is 11.7 Å². The van der Waals surface area contributed by atoms with Crippen LogP contribution in [0.2, 0.25) is 0 Å². The van der Waals surface area contributed by atoms with Crippen LogP contribution in [-0.2, 0) is 17.9 Å². The van der Waals surface area contributed by atoms with Crippen LogP contribution in [0.15, 0.2) is 18.2 Å². The van der Waals surface area contributed by atoms with Crippen molar-refractivity contribution in [2.75, 3.05) is 0 Å². The molecule has 1 fully saturated rings. The molecule has 1 aromatic rings. The van der Waals surface area contributed by atoms with Crippen LogP contribution in [0.1, 0.15) is 56.1 Å². The number of benzene rings is 1. The van der Waals surface area contributed by atoms with E-state index in [2.05, 4.69) is 5.32 Å². The van der Waals surface area contributed by atoms with Crippen LogP contribution >= 0.6 is 0 Å². The van der Waals surface area contributed by atoms with Gasteiger partial charge in [0.1, 0.15) is 5.82 Å². The van der Waals surface area contributed by atoms with Gasteiger partial charge in [-0.3, -0.25) is 4.79 Å². The minimum absolute atomic E-state index is 0.0687. The lowest BCUT2D eigenvalue weighted by atomic mass is 9.90. The third-order valence-electron chi connectivity index (χ3n) is 4.28. The Morgan fingerprint density at radius 2 is 1.86 bits per heavy atom. The molecule has 0 spiro atoms. The molecule has 1 aromatic carbocycles. The van der Waals surface area contributed by atoms with Gasteiger partial charge in [0.2, 0.25) is 5.91 Å². The lowest BCUT2D eigenvalue weighted by Crippen LogP contribution is -2.31. The molecule has 4 heteroatoms. The molecule has 21 heavy (non-hydrogen) atoms. The number of carbonyl (C=O) groups is 1. The summed E-state index contributed by atoms with van der Waals surface area (Å²) in [5.74, 6) is -0.133. The largest absolute Gasteiger partial charge is 0.352 e. The summed E-state index contributed by atoms with van der Waals surface area (Å²) in [5.41, 5.74) is 6.77. The molecule has 0 aliphatic heterocycles. The minimum Gasteiger partial charge on any atom is -0.352 e. The molecule has 3 nitrogen and oxygen atoms in total. The maximum atomic E-state index is 13.8. The topological polar surface area (TPSA) is 55.1 Å². The van der Waals surface area contributed by atoms with Crippen LogP contribution in [0.5, 0.6) is 0 Å². The number of amides is 1.